The monoisotopic (exact) mass is 299 g/mol. The van der Waals surface area contributed by atoms with E-state index in [1.165, 1.54) is 0 Å². The normalized spacial score (nSPS) is 23.5. The molecule has 0 N–H and O–H groups in total. The highest BCUT2D eigenvalue weighted by Crippen LogP contribution is 2.47. The van der Waals surface area contributed by atoms with Gasteiger partial charge >= 0.3 is 0 Å². The van der Waals surface area contributed by atoms with Crippen molar-refractivity contribution >= 4 is 5.91 Å². The van der Waals surface area contributed by atoms with Crippen LogP contribution in [0.15, 0.2) is 41.7 Å². The summed E-state index contributed by atoms with van der Waals surface area (Å²) in [7, 11) is 0. The Bertz CT molecular complexity index is 589. The van der Waals surface area contributed by atoms with Gasteiger partial charge in [0.1, 0.15) is 5.76 Å². The zero-order chi connectivity index (χ0) is 15.7. The molecule has 0 bridgehead atoms. The molecule has 1 aromatic rings. The van der Waals surface area contributed by atoms with Crippen LogP contribution < -0.4 is 0 Å². The van der Waals surface area contributed by atoms with Crippen LogP contribution in [0.5, 0.6) is 0 Å². The summed E-state index contributed by atoms with van der Waals surface area (Å²) in [6.45, 7) is 7.31. The van der Waals surface area contributed by atoms with E-state index < -0.39 is 0 Å². The minimum Gasteiger partial charge on any atom is -0.470 e. The molecule has 0 saturated heterocycles. The zero-order valence-corrected chi connectivity index (χ0v) is 13.8. The lowest BCUT2D eigenvalue weighted by Crippen LogP contribution is -2.41. The van der Waals surface area contributed by atoms with Gasteiger partial charge in [-0.2, -0.15) is 0 Å². The number of unbranched alkanes of at least 4 members (excludes halogenated alkanes) is 1. The number of nitrogens with zero attached hydrogens (tertiary/aromatic N) is 1. The Hall–Kier alpha value is -1.77. The second kappa shape index (κ2) is 5.79. The fourth-order valence-electron chi connectivity index (χ4n) is 3.38. The van der Waals surface area contributed by atoms with Gasteiger partial charge in [-0.3, -0.25) is 9.69 Å². The van der Waals surface area contributed by atoms with E-state index in [2.05, 4.69) is 20.8 Å². The molecule has 0 fully saturated rings. The van der Waals surface area contributed by atoms with Crippen molar-refractivity contribution in [3.8, 4) is 0 Å². The smallest absolute Gasteiger partial charge is 0.256 e. The van der Waals surface area contributed by atoms with Crippen LogP contribution in [0.3, 0.4) is 0 Å². The third-order valence-electron chi connectivity index (χ3n) is 4.52. The Kier molecular flexibility index (Phi) is 3.98. The van der Waals surface area contributed by atoms with Crippen LogP contribution in [-0.2, 0) is 9.53 Å². The number of allylic oxidation sites excluding steroid dienone is 1. The maximum atomic E-state index is 13.0. The first kappa shape index (κ1) is 15.1. The standard InChI is InChI=1S/C19H25NO2/c1-4-5-11-20-17(21)15-12-19(2,3)13-16(15)22-18(20)14-9-7-6-8-10-14/h6-10,18H,4-5,11-13H2,1-3H3. The summed E-state index contributed by atoms with van der Waals surface area (Å²) in [4.78, 5) is 14.9. The number of hydrogen-bond donors (Lipinski definition) is 0. The summed E-state index contributed by atoms with van der Waals surface area (Å²) < 4.78 is 6.30. The molecule has 1 aromatic carbocycles. The van der Waals surface area contributed by atoms with Gasteiger partial charge in [0.25, 0.3) is 5.91 Å². The number of hydrogen-bond acceptors (Lipinski definition) is 2. The van der Waals surface area contributed by atoms with Crippen LogP contribution in [0.2, 0.25) is 0 Å². The third-order valence-corrected chi connectivity index (χ3v) is 4.52. The molecule has 0 radical (unpaired) electrons. The number of rotatable bonds is 4. The fourth-order valence-corrected chi connectivity index (χ4v) is 3.38. The summed E-state index contributed by atoms with van der Waals surface area (Å²) in [5.74, 6) is 1.09. The average molecular weight is 299 g/mol. The second-order valence-electron chi connectivity index (χ2n) is 7.15. The fraction of sp³-hybridized carbons (Fsp3) is 0.526. The first-order valence-electron chi connectivity index (χ1n) is 8.26. The minimum atomic E-state index is -0.270. The molecule has 3 heteroatoms. The van der Waals surface area contributed by atoms with E-state index in [1.54, 1.807) is 0 Å². The van der Waals surface area contributed by atoms with Crippen molar-refractivity contribution in [1.29, 1.82) is 0 Å². The number of benzene rings is 1. The van der Waals surface area contributed by atoms with E-state index in [-0.39, 0.29) is 17.6 Å². The summed E-state index contributed by atoms with van der Waals surface area (Å²) in [5, 5.41) is 0. The Labute approximate surface area is 133 Å². The lowest BCUT2D eigenvalue weighted by molar-refractivity contribution is -0.144. The predicted octanol–water partition coefficient (Wildman–Crippen LogP) is 4.42. The van der Waals surface area contributed by atoms with Crippen LogP contribution in [0, 0.1) is 5.41 Å². The molecule has 1 heterocycles. The van der Waals surface area contributed by atoms with Crippen molar-refractivity contribution < 1.29 is 9.53 Å². The van der Waals surface area contributed by atoms with E-state index in [9.17, 15) is 4.79 Å². The van der Waals surface area contributed by atoms with Crippen LogP contribution in [0.1, 0.15) is 58.2 Å². The zero-order valence-electron chi connectivity index (χ0n) is 13.8. The van der Waals surface area contributed by atoms with Gasteiger partial charge in [0, 0.05) is 18.5 Å². The highest BCUT2D eigenvalue weighted by molar-refractivity contribution is 5.95. The molecule has 3 rings (SSSR count). The van der Waals surface area contributed by atoms with Gasteiger partial charge in [-0.15, -0.1) is 0 Å². The molecular weight excluding hydrogens is 274 g/mol. The molecule has 0 aromatic heterocycles. The second-order valence-corrected chi connectivity index (χ2v) is 7.15. The Morgan fingerprint density at radius 1 is 1.23 bits per heavy atom. The van der Waals surface area contributed by atoms with E-state index in [0.717, 1.165) is 49.1 Å². The molecule has 118 valence electrons. The van der Waals surface area contributed by atoms with Gasteiger partial charge in [0.05, 0.1) is 5.57 Å². The van der Waals surface area contributed by atoms with Crippen LogP contribution in [0.4, 0.5) is 0 Å². The largest absolute Gasteiger partial charge is 0.470 e. The molecule has 2 aliphatic rings. The van der Waals surface area contributed by atoms with Crippen LogP contribution >= 0.6 is 0 Å². The molecule has 3 nitrogen and oxygen atoms in total. The van der Waals surface area contributed by atoms with E-state index in [0.29, 0.717) is 0 Å². The Balaban J connectivity index is 1.93. The van der Waals surface area contributed by atoms with Gasteiger partial charge in [-0.1, -0.05) is 57.5 Å². The third kappa shape index (κ3) is 2.77. The molecule has 0 saturated carbocycles. The maximum Gasteiger partial charge on any atom is 0.256 e. The van der Waals surface area contributed by atoms with Gasteiger partial charge < -0.3 is 4.74 Å². The highest BCUT2D eigenvalue weighted by atomic mass is 16.5. The highest BCUT2D eigenvalue weighted by Gasteiger charge is 2.43. The Morgan fingerprint density at radius 3 is 2.64 bits per heavy atom. The average Bonchev–Trinajstić information content (AvgIpc) is 2.82. The molecule has 1 atom stereocenters. The van der Waals surface area contributed by atoms with Crippen molar-refractivity contribution in [3.05, 3.63) is 47.2 Å². The minimum absolute atomic E-state index is 0.127. The number of carbonyl (C=O) groups excluding carboxylic acids is 1. The molecule has 0 spiro atoms. The SMILES string of the molecule is CCCCN1C(=O)C2=C(CC(C)(C)C2)OC1c1ccccc1. The van der Waals surface area contributed by atoms with Crippen LogP contribution in [0.25, 0.3) is 0 Å². The molecular formula is C19H25NO2. The van der Waals surface area contributed by atoms with Crippen molar-refractivity contribution in [2.24, 2.45) is 5.41 Å². The molecule has 1 unspecified atom stereocenters. The maximum absolute atomic E-state index is 13.0. The lowest BCUT2D eigenvalue weighted by Gasteiger charge is -2.37. The summed E-state index contributed by atoms with van der Waals surface area (Å²) >= 11 is 0. The quantitative estimate of drug-likeness (QED) is 0.823. The first-order valence-corrected chi connectivity index (χ1v) is 8.26. The summed E-state index contributed by atoms with van der Waals surface area (Å²) in [6, 6.07) is 10.1. The van der Waals surface area contributed by atoms with E-state index in [4.69, 9.17) is 4.74 Å². The van der Waals surface area contributed by atoms with Gasteiger partial charge in [-0.25, -0.2) is 0 Å². The lowest BCUT2D eigenvalue weighted by atomic mass is 9.89. The molecule has 1 aliphatic heterocycles. The summed E-state index contributed by atoms with van der Waals surface area (Å²) in [5.41, 5.74) is 2.08. The van der Waals surface area contributed by atoms with E-state index in [1.807, 2.05) is 35.2 Å². The number of amides is 1. The van der Waals surface area contributed by atoms with Gasteiger partial charge in [-0.05, 0) is 18.3 Å². The topological polar surface area (TPSA) is 29.5 Å². The molecule has 1 amide bonds. The Morgan fingerprint density at radius 2 is 1.95 bits per heavy atom. The van der Waals surface area contributed by atoms with Gasteiger partial charge in [0.15, 0.2) is 0 Å². The van der Waals surface area contributed by atoms with Gasteiger partial charge in [0.2, 0.25) is 6.23 Å². The van der Waals surface area contributed by atoms with E-state index >= 15 is 0 Å². The molecule has 1 aliphatic carbocycles. The summed E-state index contributed by atoms with van der Waals surface area (Å²) in [6.07, 6.45) is 3.49. The van der Waals surface area contributed by atoms with Crippen molar-refractivity contribution in [1.82, 2.24) is 4.90 Å². The number of ether oxygens (including phenoxy) is 1. The molecule has 22 heavy (non-hydrogen) atoms. The number of carbonyl (C=O) groups is 1. The van der Waals surface area contributed by atoms with Crippen molar-refractivity contribution in [2.45, 2.75) is 52.7 Å². The van der Waals surface area contributed by atoms with Crippen molar-refractivity contribution in [3.63, 3.8) is 0 Å². The van der Waals surface area contributed by atoms with Crippen molar-refractivity contribution in [2.75, 3.05) is 6.54 Å². The predicted molar refractivity (Wildman–Crippen MR) is 86.9 cm³/mol. The van der Waals surface area contributed by atoms with Crippen LogP contribution in [-0.4, -0.2) is 17.4 Å². The first-order chi connectivity index (χ1) is 10.5.